The third kappa shape index (κ3) is 7.22. The Kier molecular flexibility index (Phi) is 9.80. The Labute approximate surface area is 271 Å². The van der Waals surface area contributed by atoms with E-state index in [0.717, 1.165) is 5.39 Å². The molecule has 11 nitrogen and oxygen atoms in total. The van der Waals surface area contributed by atoms with Crippen LogP contribution in [0, 0.1) is 0 Å². The number of rotatable bonds is 10. The molecule has 14 heteroatoms. The summed E-state index contributed by atoms with van der Waals surface area (Å²) in [5.74, 6) is -0.205. The van der Waals surface area contributed by atoms with Gasteiger partial charge in [0.05, 0.1) is 23.3 Å². The van der Waals surface area contributed by atoms with E-state index in [0.29, 0.717) is 53.1 Å². The largest absolute Gasteiger partial charge is 0.453 e. The minimum atomic E-state index is -3.81. The lowest BCUT2D eigenvalue weighted by atomic mass is 10.0. The van der Waals surface area contributed by atoms with Crippen LogP contribution in [0.25, 0.3) is 10.8 Å². The molecule has 5 rings (SSSR count). The monoisotopic (exact) mass is 667 g/mol. The maximum atomic E-state index is 14.6. The van der Waals surface area contributed by atoms with E-state index in [4.69, 9.17) is 10.5 Å². The summed E-state index contributed by atoms with van der Waals surface area (Å²) in [7, 11) is -2.60. The first-order valence-corrected chi connectivity index (χ1v) is 16.4. The van der Waals surface area contributed by atoms with Crippen molar-refractivity contribution < 1.29 is 36.3 Å². The molecule has 0 spiro atoms. The molecule has 3 aromatic carbocycles. The predicted molar refractivity (Wildman–Crippen MR) is 174 cm³/mol. The second kappa shape index (κ2) is 13.8. The van der Waals surface area contributed by atoms with E-state index < -0.39 is 45.8 Å². The van der Waals surface area contributed by atoms with E-state index in [1.165, 1.54) is 37.4 Å². The zero-order chi connectivity index (χ0) is 33.9. The molecule has 0 aliphatic carbocycles. The number of alkyl halides is 2. The molecule has 0 radical (unpaired) electrons. The van der Waals surface area contributed by atoms with Crippen molar-refractivity contribution in [2.75, 3.05) is 30.0 Å². The molecule has 1 aliphatic rings. The molecule has 1 saturated heterocycles. The first-order valence-electron chi connectivity index (χ1n) is 14.9. The minimum Gasteiger partial charge on any atom is -0.453 e. The van der Waals surface area contributed by atoms with Gasteiger partial charge in [-0.05, 0) is 97.8 Å². The SMILES string of the molecule is COC(=O)Nc1ccc(S(=O)(=O)C(C)C)c(C2CCCN2C(=O)C(Nc2ccc3c(N)nccc3c2)c2cccc(OC(F)F)c2)c1. The summed E-state index contributed by atoms with van der Waals surface area (Å²) in [5, 5.41) is 6.55. The molecule has 4 N–H and O–H groups in total. The Bertz CT molecular complexity index is 1910. The van der Waals surface area contributed by atoms with Crippen molar-refractivity contribution in [3.8, 4) is 5.75 Å². The molecule has 2 unspecified atom stereocenters. The van der Waals surface area contributed by atoms with Gasteiger partial charge in [0.25, 0.3) is 0 Å². The molecule has 2 atom stereocenters. The topological polar surface area (TPSA) is 153 Å². The average Bonchev–Trinajstić information content (AvgIpc) is 3.53. The Balaban J connectivity index is 1.58. The number of sulfone groups is 1. The number of fused-ring (bicyclic) bond motifs is 1. The third-order valence-electron chi connectivity index (χ3n) is 8.03. The number of likely N-dealkylation sites (tertiary alicyclic amines) is 1. The lowest BCUT2D eigenvalue weighted by Gasteiger charge is -2.32. The standard InChI is InChI=1S/C33H35F2N5O6S/c1-19(2)47(43,44)28-12-10-23(39-33(42)45-3)18-26(28)27-8-5-15-40(27)31(41)29(21-6-4-7-24(17-21)46-32(34)35)38-22-9-11-25-20(16-22)13-14-37-30(25)36/h4,6-7,9-14,16-19,27,29,32,38H,5,8,15H2,1-3H3,(H2,36,37)(H,39,42). The number of anilines is 3. The van der Waals surface area contributed by atoms with Crippen LogP contribution in [-0.2, 0) is 19.4 Å². The lowest BCUT2D eigenvalue weighted by molar-refractivity contribution is -0.133. The van der Waals surface area contributed by atoms with Gasteiger partial charge in [0.15, 0.2) is 9.84 Å². The number of nitrogens with two attached hydrogens (primary N) is 1. The van der Waals surface area contributed by atoms with Gasteiger partial charge in [-0.2, -0.15) is 8.78 Å². The molecule has 1 aromatic heterocycles. The smallest absolute Gasteiger partial charge is 0.411 e. The van der Waals surface area contributed by atoms with Gasteiger partial charge in [-0.1, -0.05) is 12.1 Å². The van der Waals surface area contributed by atoms with Crippen LogP contribution in [0.15, 0.2) is 77.8 Å². The van der Waals surface area contributed by atoms with E-state index in [-0.39, 0.29) is 10.6 Å². The maximum Gasteiger partial charge on any atom is 0.411 e. The van der Waals surface area contributed by atoms with Gasteiger partial charge in [0.2, 0.25) is 5.91 Å². The normalized spacial score (nSPS) is 15.6. The van der Waals surface area contributed by atoms with Gasteiger partial charge in [-0.3, -0.25) is 10.1 Å². The van der Waals surface area contributed by atoms with Gasteiger partial charge in [0, 0.05) is 29.5 Å². The lowest BCUT2D eigenvalue weighted by Crippen LogP contribution is -2.38. The summed E-state index contributed by atoms with van der Waals surface area (Å²) in [6.07, 6.45) is 1.83. The van der Waals surface area contributed by atoms with E-state index in [9.17, 15) is 26.8 Å². The average molecular weight is 668 g/mol. The van der Waals surface area contributed by atoms with Gasteiger partial charge < -0.3 is 25.4 Å². The van der Waals surface area contributed by atoms with E-state index in [2.05, 4.69) is 20.4 Å². The number of ether oxygens (including phenoxy) is 2. The van der Waals surface area contributed by atoms with Crippen molar-refractivity contribution in [2.45, 2.75) is 55.5 Å². The molecule has 2 heterocycles. The zero-order valence-corrected chi connectivity index (χ0v) is 26.8. The van der Waals surface area contributed by atoms with Crippen LogP contribution in [0.4, 0.5) is 30.8 Å². The van der Waals surface area contributed by atoms with Crippen molar-refractivity contribution in [2.24, 2.45) is 0 Å². The van der Waals surface area contributed by atoms with Crippen molar-refractivity contribution in [3.63, 3.8) is 0 Å². The molecule has 4 aromatic rings. The third-order valence-corrected chi connectivity index (χ3v) is 10.3. The second-order valence-corrected chi connectivity index (χ2v) is 13.8. The maximum absolute atomic E-state index is 14.6. The summed E-state index contributed by atoms with van der Waals surface area (Å²) in [5.41, 5.74) is 7.56. The fourth-order valence-electron chi connectivity index (χ4n) is 5.70. The summed E-state index contributed by atoms with van der Waals surface area (Å²) < 4.78 is 62.6. The van der Waals surface area contributed by atoms with Crippen molar-refractivity contribution in [3.05, 3.63) is 84.1 Å². The van der Waals surface area contributed by atoms with Crippen molar-refractivity contribution in [1.82, 2.24) is 9.88 Å². The molecular weight excluding hydrogens is 632 g/mol. The number of benzene rings is 3. The highest BCUT2D eigenvalue weighted by Crippen LogP contribution is 2.40. The molecule has 1 fully saturated rings. The second-order valence-electron chi connectivity index (χ2n) is 11.3. The molecule has 248 valence electrons. The Morgan fingerprint density at radius 2 is 1.81 bits per heavy atom. The fraction of sp³-hybridized carbons (Fsp3) is 0.303. The number of nitrogens with one attached hydrogen (secondary N) is 2. The van der Waals surface area contributed by atoms with E-state index in [1.807, 2.05) is 0 Å². The highest BCUT2D eigenvalue weighted by Gasteiger charge is 2.38. The minimum absolute atomic E-state index is 0.0465. The van der Waals surface area contributed by atoms with Crippen LogP contribution in [0.3, 0.4) is 0 Å². The van der Waals surface area contributed by atoms with E-state index in [1.54, 1.807) is 61.3 Å². The zero-order valence-electron chi connectivity index (χ0n) is 25.9. The van der Waals surface area contributed by atoms with Gasteiger partial charge in [-0.25, -0.2) is 18.2 Å². The number of hydrogen-bond donors (Lipinski definition) is 3. The highest BCUT2D eigenvalue weighted by molar-refractivity contribution is 7.92. The summed E-state index contributed by atoms with van der Waals surface area (Å²) in [6, 6.07) is 15.6. The molecule has 0 bridgehead atoms. The van der Waals surface area contributed by atoms with E-state index >= 15 is 0 Å². The number of amides is 2. The van der Waals surface area contributed by atoms with Crippen LogP contribution in [0.5, 0.6) is 5.75 Å². The van der Waals surface area contributed by atoms with Gasteiger partial charge in [0.1, 0.15) is 17.6 Å². The quantitative estimate of drug-likeness (QED) is 0.177. The molecular formula is C33H35F2N5O6S. The van der Waals surface area contributed by atoms with Crippen molar-refractivity contribution >= 4 is 49.8 Å². The Morgan fingerprint density at radius 3 is 2.53 bits per heavy atom. The number of pyridine rings is 1. The van der Waals surface area contributed by atoms with Crippen LogP contribution >= 0.6 is 0 Å². The fourth-order valence-corrected chi connectivity index (χ4v) is 6.99. The highest BCUT2D eigenvalue weighted by atomic mass is 32.2. The number of methoxy groups -OCH3 is 1. The molecule has 2 amide bonds. The molecule has 47 heavy (non-hydrogen) atoms. The summed E-state index contributed by atoms with van der Waals surface area (Å²) >= 11 is 0. The number of nitrogen functional groups attached to an aromatic ring is 1. The summed E-state index contributed by atoms with van der Waals surface area (Å²) in [4.78, 5) is 32.3. The Hall–Kier alpha value is -4.98. The summed E-state index contributed by atoms with van der Waals surface area (Å²) in [6.45, 7) is 0.366. The first kappa shape index (κ1) is 33.4. The number of nitrogens with zero attached hydrogens (tertiary/aromatic N) is 2. The number of halogens is 2. The van der Waals surface area contributed by atoms with Crippen LogP contribution in [0.2, 0.25) is 0 Å². The molecule has 1 aliphatic heterocycles. The number of aromatic nitrogens is 1. The van der Waals surface area contributed by atoms with Gasteiger partial charge >= 0.3 is 12.7 Å². The number of carbonyl (C=O) groups is 2. The predicted octanol–water partition coefficient (Wildman–Crippen LogP) is 6.30. The molecule has 0 saturated carbocycles. The first-order chi connectivity index (χ1) is 22.4. The number of carbonyl (C=O) groups excluding carboxylic acids is 2. The van der Waals surface area contributed by atoms with Gasteiger partial charge in [-0.15, -0.1) is 0 Å². The Morgan fingerprint density at radius 1 is 1.04 bits per heavy atom. The van der Waals surface area contributed by atoms with Crippen LogP contribution in [-0.4, -0.2) is 55.8 Å². The number of hydrogen-bond acceptors (Lipinski definition) is 9. The van der Waals surface area contributed by atoms with Crippen LogP contribution in [0.1, 0.15) is 49.9 Å². The van der Waals surface area contributed by atoms with Crippen molar-refractivity contribution in [1.29, 1.82) is 0 Å². The van der Waals surface area contributed by atoms with Crippen LogP contribution < -0.4 is 21.1 Å².